The second-order valence-corrected chi connectivity index (χ2v) is 7.19. The fourth-order valence-electron chi connectivity index (χ4n) is 3.59. The minimum atomic E-state index is -0.996. The molecule has 2 aromatic rings. The van der Waals surface area contributed by atoms with Gasteiger partial charge in [-0.25, -0.2) is 4.90 Å². The largest absolute Gasteiger partial charge is 0.493 e. The Hall–Kier alpha value is -4.14. The molecule has 3 amide bonds. The molecule has 0 spiro atoms. The molecule has 0 saturated carbocycles. The van der Waals surface area contributed by atoms with E-state index in [1.807, 2.05) is 0 Å². The van der Waals surface area contributed by atoms with Gasteiger partial charge in [0.2, 0.25) is 5.91 Å². The van der Waals surface area contributed by atoms with Crippen molar-refractivity contribution in [3.05, 3.63) is 60.7 Å². The molecular formula is C24H24N2O7. The van der Waals surface area contributed by atoms with E-state index >= 15 is 0 Å². The number of esters is 1. The first-order chi connectivity index (χ1) is 15.8. The van der Waals surface area contributed by atoms with Gasteiger partial charge in [0.05, 0.1) is 26.3 Å². The number of amides is 3. The molecule has 33 heavy (non-hydrogen) atoms. The molecule has 1 unspecified atom stereocenters. The number of benzene rings is 2. The average Bonchev–Trinajstić information content (AvgIpc) is 3.10. The Balaban J connectivity index is 1.87. The third-order valence-corrected chi connectivity index (χ3v) is 5.07. The first kappa shape index (κ1) is 23.5. The van der Waals surface area contributed by atoms with E-state index in [9.17, 15) is 19.2 Å². The van der Waals surface area contributed by atoms with E-state index in [0.29, 0.717) is 22.9 Å². The first-order valence-corrected chi connectivity index (χ1v) is 10.1. The monoisotopic (exact) mass is 452 g/mol. The van der Waals surface area contributed by atoms with Crippen LogP contribution < -0.4 is 19.1 Å². The van der Waals surface area contributed by atoms with Gasteiger partial charge in [0, 0.05) is 19.0 Å². The molecule has 1 saturated heterocycles. The summed E-state index contributed by atoms with van der Waals surface area (Å²) in [6, 6.07) is 9.66. The number of imide groups is 1. The summed E-state index contributed by atoms with van der Waals surface area (Å²) in [4.78, 5) is 52.6. The van der Waals surface area contributed by atoms with E-state index in [4.69, 9.17) is 14.2 Å². The zero-order chi connectivity index (χ0) is 24.1. The number of hydrogen-bond donors (Lipinski definition) is 0. The van der Waals surface area contributed by atoms with Gasteiger partial charge in [0.25, 0.3) is 11.8 Å². The Labute approximate surface area is 191 Å². The van der Waals surface area contributed by atoms with Crippen molar-refractivity contribution in [3.63, 3.8) is 0 Å². The summed E-state index contributed by atoms with van der Waals surface area (Å²) in [5.74, 6) is -0.793. The van der Waals surface area contributed by atoms with Crippen LogP contribution in [0.1, 0.15) is 23.7 Å². The molecule has 1 aliphatic rings. The molecule has 9 nitrogen and oxygen atoms in total. The lowest BCUT2D eigenvalue weighted by molar-refractivity contribution is -0.132. The van der Waals surface area contributed by atoms with Crippen LogP contribution in [0.5, 0.6) is 17.2 Å². The number of hydrogen-bond acceptors (Lipinski definition) is 7. The summed E-state index contributed by atoms with van der Waals surface area (Å²) >= 11 is 0. The average molecular weight is 452 g/mol. The fourth-order valence-corrected chi connectivity index (χ4v) is 3.59. The zero-order valence-corrected chi connectivity index (χ0v) is 18.6. The third-order valence-electron chi connectivity index (χ3n) is 5.07. The number of carbonyl (C=O) groups excluding carboxylic acids is 4. The normalized spacial score (nSPS) is 15.2. The topological polar surface area (TPSA) is 102 Å². The van der Waals surface area contributed by atoms with E-state index in [1.165, 1.54) is 62.5 Å². The molecule has 1 atom stereocenters. The summed E-state index contributed by atoms with van der Waals surface area (Å²) in [6.45, 7) is 5.01. The fraction of sp³-hybridized carbons (Fsp3) is 0.250. The van der Waals surface area contributed by atoms with E-state index < -0.39 is 29.7 Å². The van der Waals surface area contributed by atoms with Crippen LogP contribution in [0.3, 0.4) is 0 Å². The highest BCUT2D eigenvalue weighted by molar-refractivity contribution is 6.23. The van der Waals surface area contributed by atoms with Crippen LogP contribution in [-0.2, 0) is 14.4 Å². The number of nitrogens with zero attached hydrogens (tertiary/aromatic N) is 2. The number of carbonyl (C=O) groups is 4. The number of rotatable bonds is 8. The van der Waals surface area contributed by atoms with Crippen LogP contribution in [0.15, 0.2) is 55.1 Å². The van der Waals surface area contributed by atoms with Crippen molar-refractivity contribution in [3.8, 4) is 17.2 Å². The van der Waals surface area contributed by atoms with E-state index in [-0.39, 0.29) is 18.5 Å². The van der Waals surface area contributed by atoms with Gasteiger partial charge in [-0.2, -0.15) is 0 Å². The van der Waals surface area contributed by atoms with Gasteiger partial charge in [-0.3, -0.25) is 19.2 Å². The second kappa shape index (κ2) is 9.99. The first-order valence-electron chi connectivity index (χ1n) is 10.1. The van der Waals surface area contributed by atoms with Crippen molar-refractivity contribution in [2.45, 2.75) is 19.4 Å². The molecule has 2 aromatic carbocycles. The van der Waals surface area contributed by atoms with Crippen molar-refractivity contribution >= 4 is 29.4 Å². The molecule has 1 heterocycles. The maximum absolute atomic E-state index is 13.3. The molecule has 0 bridgehead atoms. The Morgan fingerprint density at radius 2 is 1.76 bits per heavy atom. The van der Waals surface area contributed by atoms with Crippen LogP contribution >= 0.6 is 0 Å². The predicted molar refractivity (Wildman–Crippen MR) is 119 cm³/mol. The highest BCUT2D eigenvalue weighted by Crippen LogP contribution is 2.31. The quantitative estimate of drug-likeness (QED) is 0.263. The molecule has 9 heteroatoms. The number of anilines is 1. The van der Waals surface area contributed by atoms with Gasteiger partial charge in [0.15, 0.2) is 11.5 Å². The Morgan fingerprint density at radius 3 is 2.33 bits per heavy atom. The van der Waals surface area contributed by atoms with Crippen LogP contribution in [0.2, 0.25) is 0 Å². The van der Waals surface area contributed by atoms with Gasteiger partial charge in [-0.1, -0.05) is 6.08 Å². The van der Waals surface area contributed by atoms with Crippen molar-refractivity contribution in [2.75, 3.05) is 25.7 Å². The highest BCUT2D eigenvalue weighted by Gasteiger charge is 2.44. The van der Waals surface area contributed by atoms with Gasteiger partial charge >= 0.3 is 5.97 Å². The third kappa shape index (κ3) is 4.87. The summed E-state index contributed by atoms with van der Waals surface area (Å²) in [5, 5.41) is 0. The van der Waals surface area contributed by atoms with Crippen LogP contribution in [0.25, 0.3) is 0 Å². The Kier molecular flexibility index (Phi) is 7.12. The van der Waals surface area contributed by atoms with E-state index in [0.717, 1.165) is 4.90 Å². The predicted octanol–water partition coefficient (Wildman–Crippen LogP) is 2.59. The number of ether oxygens (including phenoxy) is 3. The molecule has 3 rings (SSSR count). The Morgan fingerprint density at radius 1 is 1.09 bits per heavy atom. The number of methoxy groups -OCH3 is 2. The molecule has 0 radical (unpaired) electrons. The Bertz CT molecular complexity index is 1090. The van der Waals surface area contributed by atoms with Crippen LogP contribution in [0, 0.1) is 0 Å². The molecule has 0 aliphatic carbocycles. The van der Waals surface area contributed by atoms with Crippen LogP contribution in [0.4, 0.5) is 5.69 Å². The van der Waals surface area contributed by atoms with Crippen molar-refractivity contribution < 1.29 is 33.4 Å². The van der Waals surface area contributed by atoms with Gasteiger partial charge < -0.3 is 19.1 Å². The summed E-state index contributed by atoms with van der Waals surface area (Å²) < 4.78 is 15.4. The summed E-state index contributed by atoms with van der Waals surface area (Å²) in [6.07, 6.45) is 1.32. The molecule has 0 aromatic heterocycles. The van der Waals surface area contributed by atoms with E-state index in [1.54, 1.807) is 12.1 Å². The SMILES string of the molecule is C=CCN(C(=O)c1ccc(OC)c(OC)c1)C1CC(=O)N(c2ccc(OC(C)=O)cc2)C1=O. The molecular weight excluding hydrogens is 428 g/mol. The van der Waals surface area contributed by atoms with Crippen LogP contribution in [-0.4, -0.2) is 55.4 Å². The standard InChI is InChI=1S/C24H24N2O7/c1-5-12-25(23(29)16-6-11-20(31-3)21(13-16)32-4)19-14-22(28)26(24(19)30)17-7-9-18(10-8-17)33-15(2)27/h5-11,13,19H,1,12,14H2,2-4H3. The lowest BCUT2D eigenvalue weighted by Crippen LogP contribution is -2.45. The van der Waals surface area contributed by atoms with Gasteiger partial charge in [0.1, 0.15) is 11.8 Å². The molecule has 1 aliphatic heterocycles. The molecule has 0 N–H and O–H groups in total. The summed E-state index contributed by atoms with van der Waals surface area (Å²) in [5.41, 5.74) is 0.597. The minimum Gasteiger partial charge on any atom is -0.493 e. The van der Waals surface area contributed by atoms with Crippen molar-refractivity contribution in [1.29, 1.82) is 0 Å². The maximum atomic E-state index is 13.3. The van der Waals surface area contributed by atoms with Gasteiger partial charge in [-0.15, -0.1) is 6.58 Å². The summed E-state index contributed by atoms with van der Waals surface area (Å²) in [7, 11) is 2.94. The van der Waals surface area contributed by atoms with Crippen molar-refractivity contribution in [1.82, 2.24) is 4.90 Å². The lowest BCUT2D eigenvalue weighted by Gasteiger charge is -2.27. The van der Waals surface area contributed by atoms with Gasteiger partial charge in [-0.05, 0) is 42.5 Å². The lowest BCUT2D eigenvalue weighted by atomic mass is 10.1. The van der Waals surface area contributed by atoms with Crippen molar-refractivity contribution in [2.24, 2.45) is 0 Å². The molecule has 172 valence electrons. The van der Waals surface area contributed by atoms with E-state index in [2.05, 4.69) is 6.58 Å². The maximum Gasteiger partial charge on any atom is 0.308 e. The minimum absolute atomic E-state index is 0.0656. The smallest absolute Gasteiger partial charge is 0.308 e. The molecule has 1 fully saturated rings. The zero-order valence-electron chi connectivity index (χ0n) is 18.6. The second-order valence-electron chi connectivity index (χ2n) is 7.19. The highest BCUT2D eigenvalue weighted by atomic mass is 16.5.